The standard InChI is InChI=1S/C10H17F2NO2/c1-9(2,3)15-8(14)13-7-4-10(12,5-7)6-11/h7H,4-6H2,1-3H3,(H,13,14). The number of ether oxygens (including phenoxy) is 1. The van der Waals surface area contributed by atoms with Crippen LogP contribution in [0.2, 0.25) is 0 Å². The van der Waals surface area contributed by atoms with Crippen molar-refractivity contribution in [2.75, 3.05) is 6.67 Å². The lowest BCUT2D eigenvalue weighted by atomic mass is 9.78. The molecule has 0 bridgehead atoms. The van der Waals surface area contributed by atoms with Crippen molar-refractivity contribution in [3.63, 3.8) is 0 Å². The molecule has 15 heavy (non-hydrogen) atoms. The van der Waals surface area contributed by atoms with E-state index < -0.39 is 24.0 Å². The molecule has 1 saturated carbocycles. The fourth-order valence-corrected chi connectivity index (χ4v) is 1.51. The fraction of sp³-hybridized carbons (Fsp3) is 0.900. The van der Waals surface area contributed by atoms with Crippen LogP contribution in [0.1, 0.15) is 33.6 Å². The van der Waals surface area contributed by atoms with Gasteiger partial charge in [-0.05, 0) is 20.8 Å². The third kappa shape index (κ3) is 3.64. The van der Waals surface area contributed by atoms with Crippen molar-refractivity contribution in [3.05, 3.63) is 0 Å². The molecular weight excluding hydrogens is 204 g/mol. The minimum atomic E-state index is -1.74. The van der Waals surface area contributed by atoms with E-state index in [1.54, 1.807) is 20.8 Å². The van der Waals surface area contributed by atoms with Crippen LogP contribution in [0.25, 0.3) is 0 Å². The highest BCUT2D eigenvalue weighted by Gasteiger charge is 2.46. The van der Waals surface area contributed by atoms with Gasteiger partial charge in [-0.25, -0.2) is 13.6 Å². The van der Waals surface area contributed by atoms with Crippen molar-refractivity contribution >= 4 is 6.09 Å². The van der Waals surface area contributed by atoms with E-state index in [2.05, 4.69) is 5.32 Å². The molecule has 5 heteroatoms. The molecule has 0 unspecified atom stereocenters. The summed E-state index contributed by atoms with van der Waals surface area (Å²) in [6.07, 6.45) is -0.515. The Morgan fingerprint density at radius 3 is 2.47 bits per heavy atom. The molecular formula is C10H17F2NO2. The third-order valence-electron chi connectivity index (χ3n) is 2.18. The Balaban J connectivity index is 2.25. The zero-order valence-electron chi connectivity index (χ0n) is 9.27. The summed E-state index contributed by atoms with van der Waals surface area (Å²) in [5, 5.41) is 2.49. The topological polar surface area (TPSA) is 38.3 Å². The van der Waals surface area contributed by atoms with Gasteiger partial charge in [-0.3, -0.25) is 0 Å². The van der Waals surface area contributed by atoms with Crippen LogP contribution in [0.15, 0.2) is 0 Å². The lowest BCUT2D eigenvalue weighted by Crippen LogP contribution is -2.54. The first kappa shape index (κ1) is 12.2. The van der Waals surface area contributed by atoms with Gasteiger partial charge in [0, 0.05) is 18.9 Å². The van der Waals surface area contributed by atoms with Crippen LogP contribution in [-0.4, -0.2) is 30.1 Å². The molecule has 0 aromatic carbocycles. The summed E-state index contributed by atoms with van der Waals surface area (Å²) in [7, 11) is 0. The van der Waals surface area contributed by atoms with E-state index in [1.807, 2.05) is 0 Å². The average molecular weight is 221 g/mol. The van der Waals surface area contributed by atoms with Crippen molar-refractivity contribution in [2.24, 2.45) is 0 Å². The highest BCUT2D eigenvalue weighted by molar-refractivity contribution is 5.68. The second-order valence-electron chi connectivity index (χ2n) is 5.04. The highest BCUT2D eigenvalue weighted by atomic mass is 19.2. The molecule has 0 radical (unpaired) electrons. The highest BCUT2D eigenvalue weighted by Crippen LogP contribution is 2.36. The number of hydrogen-bond acceptors (Lipinski definition) is 2. The van der Waals surface area contributed by atoms with Gasteiger partial charge in [0.15, 0.2) is 0 Å². The normalized spacial score (nSPS) is 30.6. The van der Waals surface area contributed by atoms with Crippen LogP contribution in [0.5, 0.6) is 0 Å². The predicted octanol–water partition coefficient (Wildman–Crippen LogP) is 2.35. The van der Waals surface area contributed by atoms with Crippen molar-refractivity contribution in [2.45, 2.75) is 50.9 Å². The first-order chi connectivity index (χ1) is 6.74. The van der Waals surface area contributed by atoms with Gasteiger partial charge in [0.1, 0.15) is 17.9 Å². The van der Waals surface area contributed by atoms with E-state index in [-0.39, 0.29) is 18.9 Å². The molecule has 0 aromatic heterocycles. The minimum absolute atomic E-state index is 0.0305. The summed E-state index contributed by atoms with van der Waals surface area (Å²) in [5.41, 5.74) is -2.31. The molecule has 1 N–H and O–H groups in total. The molecule has 0 atom stereocenters. The first-order valence-electron chi connectivity index (χ1n) is 4.98. The molecule has 0 spiro atoms. The fourth-order valence-electron chi connectivity index (χ4n) is 1.51. The number of nitrogens with one attached hydrogen (secondary N) is 1. The summed E-state index contributed by atoms with van der Waals surface area (Å²) >= 11 is 0. The molecule has 1 amide bonds. The molecule has 1 rings (SSSR count). The molecule has 0 saturated heterocycles. The van der Waals surface area contributed by atoms with Crippen LogP contribution >= 0.6 is 0 Å². The van der Waals surface area contributed by atoms with Crippen molar-refractivity contribution in [1.29, 1.82) is 0 Å². The average Bonchev–Trinajstić information content (AvgIpc) is 1.97. The monoisotopic (exact) mass is 221 g/mol. The first-order valence-corrected chi connectivity index (χ1v) is 4.98. The number of halogens is 2. The van der Waals surface area contributed by atoms with Crippen LogP contribution in [0, 0.1) is 0 Å². The molecule has 3 nitrogen and oxygen atoms in total. The van der Waals surface area contributed by atoms with Crippen LogP contribution in [-0.2, 0) is 4.74 Å². The minimum Gasteiger partial charge on any atom is -0.444 e. The van der Waals surface area contributed by atoms with Crippen molar-refractivity contribution < 1.29 is 18.3 Å². The Morgan fingerprint density at radius 2 is 2.07 bits per heavy atom. The zero-order chi connectivity index (χ0) is 11.7. The largest absolute Gasteiger partial charge is 0.444 e. The Hall–Kier alpha value is -0.870. The molecule has 1 aliphatic rings. The summed E-state index contributed by atoms with van der Waals surface area (Å²) in [6.45, 7) is 4.25. The molecule has 0 aromatic rings. The summed E-state index contributed by atoms with van der Waals surface area (Å²) in [6, 6.07) is -0.305. The Labute approximate surface area is 88.2 Å². The second-order valence-corrected chi connectivity index (χ2v) is 5.04. The number of hydrogen-bond donors (Lipinski definition) is 1. The maximum atomic E-state index is 13.1. The molecule has 0 heterocycles. The Morgan fingerprint density at radius 1 is 1.53 bits per heavy atom. The molecule has 1 aliphatic carbocycles. The lowest BCUT2D eigenvalue weighted by molar-refractivity contribution is -0.00261. The Bertz CT molecular complexity index is 244. The maximum Gasteiger partial charge on any atom is 0.407 e. The summed E-state index contributed by atoms with van der Waals surface area (Å²) in [5.74, 6) is 0. The van der Waals surface area contributed by atoms with E-state index >= 15 is 0 Å². The number of carbonyl (C=O) groups is 1. The van der Waals surface area contributed by atoms with Gasteiger partial charge >= 0.3 is 6.09 Å². The second kappa shape index (κ2) is 3.94. The maximum absolute atomic E-state index is 13.1. The van der Waals surface area contributed by atoms with Crippen LogP contribution in [0.3, 0.4) is 0 Å². The van der Waals surface area contributed by atoms with Crippen molar-refractivity contribution in [1.82, 2.24) is 5.32 Å². The predicted molar refractivity (Wildman–Crippen MR) is 52.2 cm³/mol. The van der Waals surface area contributed by atoms with Gasteiger partial charge in [-0.2, -0.15) is 0 Å². The number of alkyl halides is 2. The number of rotatable bonds is 2. The number of carbonyl (C=O) groups excluding carboxylic acids is 1. The summed E-state index contributed by atoms with van der Waals surface area (Å²) in [4.78, 5) is 11.2. The van der Waals surface area contributed by atoms with Gasteiger partial charge < -0.3 is 10.1 Å². The third-order valence-corrected chi connectivity index (χ3v) is 2.18. The molecule has 1 fully saturated rings. The van der Waals surface area contributed by atoms with Gasteiger partial charge in [-0.15, -0.1) is 0 Å². The Kier molecular flexibility index (Phi) is 3.21. The van der Waals surface area contributed by atoms with E-state index in [4.69, 9.17) is 4.74 Å². The smallest absolute Gasteiger partial charge is 0.407 e. The molecule has 0 aliphatic heterocycles. The van der Waals surface area contributed by atoms with Gasteiger partial charge in [0.05, 0.1) is 0 Å². The van der Waals surface area contributed by atoms with Gasteiger partial charge in [-0.1, -0.05) is 0 Å². The van der Waals surface area contributed by atoms with E-state index in [0.717, 1.165) is 0 Å². The molecule has 88 valence electrons. The van der Waals surface area contributed by atoms with E-state index in [9.17, 15) is 13.6 Å². The van der Waals surface area contributed by atoms with Gasteiger partial charge in [0.2, 0.25) is 0 Å². The van der Waals surface area contributed by atoms with E-state index in [0.29, 0.717) is 0 Å². The van der Waals surface area contributed by atoms with E-state index in [1.165, 1.54) is 0 Å². The van der Waals surface area contributed by atoms with Crippen LogP contribution in [0.4, 0.5) is 13.6 Å². The van der Waals surface area contributed by atoms with Crippen LogP contribution < -0.4 is 5.32 Å². The summed E-state index contributed by atoms with van der Waals surface area (Å²) < 4.78 is 30.2. The quantitative estimate of drug-likeness (QED) is 0.777. The van der Waals surface area contributed by atoms with Gasteiger partial charge in [0.25, 0.3) is 0 Å². The lowest BCUT2D eigenvalue weighted by Gasteiger charge is -2.39. The number of alkyl carbamates (subject to hydrolysis) is 1. The van der Waals surface area contributed by atoms with Crippen molar-refractivity contribution in [3.8, 4) is 0 Å². The number of amides is 1. The zero-order valence-corrected chi connectivity index (χ0v) is 9.27. The SMILES string of the molecule is CC(C)(C)OC(=O)NC1CC(F)(CF)C1.